The molecule has 1 aliphatic carbocycles. The number of pyridine rings is 1. The van der Waals surface area contributed by atoms with Gasteiger partial charge >= 0.3 is 0 Å². The molecule has 110 valence electrons. The zero-order valence-corrected chi connectivity index (χ0v) is 12.7. The van der Waals surface area contributed by atoms with Crippen LogP contribution in [0.1, 0.15) is 56.6 Å². The SMILES string of the molecule is CC1(CNC(=O)c2cc(NN)nc(C(C)(C)C)c2)CC1. The highest BCUT2D eigenvalue weighted by molar-refractivity contribution is 5.95. The van der Waals surface area contributed by atoms with Crippen LogP contribution in [0, 0.1) is 5.41 Å². The van der Waals surface area contributed by atoms with E-state index in [1.54, 1.807) is 6.07 Å². The van der Waals surface area contributed by atoms with Crippen molar-refractivity contribution in [1.29, 1.82) is 0 Å². The summed E-state index contributed by atoms with van der Waals surface area (Å²) >= 11 is 0. The second-order valence-corrected chi connectivity index (χ2v) is 7.01. The third kappa shape index (κ3) is 3.48. The number of rotatable bonds is 4. The average Bonchev–Trinajstić information content (AvgIpc) is 3.13. The van der Waals surface area contributed by atoms with Crippen molar-refractivity contribution in [3.05, 3.63) is 23.4 Å². The predicted octanol–water partition coefficient (Wildman–Crippen LogP) is 2.19. The fourth-order valence-corrected chi connectivity index (χ4v) is 1.91. The maximum atomic E-state index is 12.3. The van der Waals surface area contributed by atoms with Crippen molar-refractivity contribution in [3.8, 4) is 0 Å². The van der Waals surface area contributed by atoms with Gasteiger partial charge in [0.05, 0.1) is 0 Å². The highest BCUT2D eigenvalue weighted by Crippen LogP contribution is 2.44. The lowest BCUT2D eigenvalue weighted by Gasteiger charge is -2.20. The first-order valence-electron chi connectivity index (χ1n) is 7.01. The summed E-state index contributed by atoms with van der Waals surface area (Å²) < 4.78 is 0. The maximum absolute atomic E-state index is 12.3. The molecule has 0 atom stereocenters. The highest BCUT2D eigenvalue weighted by atomic mass is 16.1. The summed E-state index contributed by atoms with van der Waals surface area (Å²) in [5, 5.41) is 3.00. The van der Waals surface area contributed by atoms with E-state index < -0.39 is 0 Å². The van der Waals surface area contributed by atoms with Gasteiger partial charge in [-0.05, 0) is 30.4 Å². The molecule has 5 nitrogen and oxygen atoms in total. The molecule has 1 amide bonds. The molecule has 1 aromatic rings. The Labute approximate surface area is 120 Å². The molecule has 1 aliphatic rings. The maximum Gasteiger partial charge on any atom is 0.251 e. The number of hydrazine groups is 1. The Hall–Kier alpha value is -1.62. The lowest BCUT2D eigenvalue weighted by atomic mass is 9.90. The van der Waals surface area contributed by atoms with E-state index in [-0.39, 0.29) is 11.3 Å². The van der Waals surface area contributed by atoms with Gasteiger partial charge in [-0.1, -0.05) is 27.7 Å². The third-order valence-corrected chi connectivity index (χ3v) is 3.78. The fourth-order valence-electron chi connectivity index (χ4n) is 1.91. The second-order valence-electron chi connectivity index (χ2n) is 7.01. The first-order valence-corrected chi connectivity index (χ1v) is 7.01. The van der Waals surface area contributed by atoms with E-state index in [2.05, 4.69) is 43.4 Å². The second kappa shape index (κ2) is 5.05. The Bertz CT molecular complexity index is 515. The van der Waals surface area contributed by atoms with Gasteiger partial charge in [0, 0.05) is 23.2 Å². The summed E-state index contributed by atoms with van der Waals surface area (Å²) in [5.41, 5.74) is 4.13. The molecule has 0 saturated heterocycles. The van der Waals surface area contributed by atoms with Crippen LogP contribution < -0.4 is 16.6 Å². The Morgan fingerprint density at radius 2 is 2.05 bits per heavy atom. The van der Waals surface area contributed by atoms with Crippen molar-refractivity contribution in [2.75, 3.05) is 12.0 Å². The number of aromatic nitrogens is 1. The first-order chi connectivity index (χ1) is 9.23. The van der Waals surface area contributed by atoms with E-state index in [1.807, 2.05) is 6.07 Å². The molecule has 0 aromatic carbocycles. The van der Waals surface area contributed by atoms with Gasteiger partial charge in [-0.25, -0.2) is 10.8 Å². The zero-order valence-electron chi connectivity index (χ0n) is 12.7. The molecule has 0 bridgehead atoms. The van der Waals surface area contributed by atoms with Crippen molar-refractivity contribution in [2.45, 2.75) is 46.0 Å². The number of nitrogens with zero attached hydrogens (tertiary/aromatic N) is 1. The summed E-state index contributed by atoms with van der Waals surface area (Å²) in [6.07, 6.45) is 2.37. The van der Waals surface area contributed by atoms with Crippen molar-refractivity contribution >= 4 is 11.7 Å². The Morgan fingerprint density at radius 1 is 1.40 bits per heavy atom. The summed E-state index contributed by atoms with van der Waals surface area (Å²) in [5.74, 6) is 5.89. The van der Waals surface area contributed by atoms with Crippen LogP contribution in [0.25, 0.3) is 0 Å². The Balaban J connectivity index is 2.19. The largest absolute Gasteiger partial charge is 0.351 e. The van der Waals surface area contributed by atoms with Crippen LogP contribution in [0.5, 0.6) is 0 Å². The number of hydrogen-bond acceptors (Lipinski definition) is 4. The lowest BCUT2D eigenvalue weighted by Crippen LogP contribution is -2.29. The van der Waals surface area contributed by atoms with Gasteiger partial charge in [0.1, 0.15) is 5.82 Å². The van der Waals surface area contributed by atoms with Crippen LogP contribution in [0.15, 0.2) is 12.1 Å². The minimum absolute atomic E-state index is 0.0671. The van der Waals surface area contributed by atoms with Crippen LogP contribution >= 0.6 is 0 Å². The zero-order chi connectivity index (χ0) is 15.0. The molecule has 1 heterocycles. The van der Waals surface area contributed by atoms with Gasteiger partial charge < -0.3 is 10.7 Å². The quantitative estimate of drug-likeness (QED) is 0.582. The molecule has 0 radical (unpaired) electrons. The minimum atomic E-state index is -0.135. The van der Waals surface area contributed by atoms with Crippen molar-refractivity contribution in [2.24, 2.45) is 11.3 Å². The van der Waals surface area contributed by atoms with Crippen molar-refractivity contribution in [3.63, 3.8) is 0 Å². The van der Waals surface area contributed by atoms with Crippen LogP contribution in [0.3, 0.4) is 0 Å². The van der Waals surface area contributed by atoms with Gasteiger partial charge in [0.25, 0.3) is 5.91 Å². The fraction of sp³-hybridized carbons (Fsp3) is 0.600. The molecule has 5 heteroatoms. The predicted molar refractivity (Wildman–Crippen MR) is 80.4 cm³/mol. The van der Waals surface area contributed by atoms with Gasteiger partial charge in [0.15, 0.2) is 0 Å². The van der Waals surface area contributed by atoms with E-state index in [4.69, 9.17) is 5.84 Å². The van der Waals surface area contributed by atoms with Gasteiger partial charge in [-0.15, -0.1) is 0 Å². The molecule has 1 aromatic heterocycles. The van der Waals surface area contributed by atoms with E-state index >= 15 is 0 Å². The summed E-state index contributed by atoms with van der Waals surface area (Å²) in [6.45, 7) is 9.09. The minimum Gasteiger partial charge on any atom is -0.351 e. The number of nitrogens with two attached hydrogens (primary N) is 1. The summed E-state index contributed by atoms with van der Waals surface area (Å²) in [7, 11) is 0. The number of anilines is 1. The molecule has 2 rings (SSSR count). The lowest BCUT2D eigenvalue weighted by molar-refractivity contribution is 0.0946. The normalized spacial score (nSPS) is 16.6. The van der Waals surface area contributed by atoms with Gasteiger partial charge in [0.2, 0.25) is 0 Å². The standard InChI is InChI=1S/C15H24N4O/c1-14(2,3)11-7-10(8-12(18-11)19-16)13(20)17-9-15(4)5-6-15/h7-8H,5-6,9,16H2,1-4H3,(H,17,20)(H,18,19). The Morgan fingerprint density at radius 3 is 2.55 bits per heavy atom. The monoisotopic (exact) mass is 276 g/mol. The average molecular weight is 276 g/mol. The van der Waals surface area contributed by atoms with Crippen molar-refractivity contribution in [1.82, 2.24) is 10.3 Å². The number of nitrogens with one attached hydrogen (secondary N) is 2. The van der Waals surface area contributed by atoms with Gasteiger partial charge in [-0.3, -0.25) is 4.79 Å². The van der Waals surface area contributed by atoms with E-state index in [0.717, 1.165) is 12.2 Å². The number of hydrogen-bond donors (Lipinski definition) is 3. The molecule has 1 saturated carbocycles. The molecule has 4 N–H and O–H groups in total. The number of carbonyl (C=O) groups is 1. The first kappa shape index (κ1) is 14.8. The number of nitrogen functional groups attached to an aromatic ring is 1. The summed E-state index contributed by atoms with van der Waals surface area (Å²) in [4.78, 5) is 16.7. The molecule has 0 spiro atoms. The molecular weight excluding hydrogens is 252 g/mol. The van der Waals surface area contributed by atoms with Crippen LogP contribution in [0.2, 0.25) is 0 Å². The third-order valence-electron chi connectivity index (χ3n) is 3.78. The Kier molecular flexibility index (Phi) is 3.73. The van der Waals surface area contributed by atoms with Gasteiger partial charge in [-0.2, -0.15) is 0 Å². The van der Waals surface area contributed by atoms with Crippen molar-refractivity contribution < 1.29 is 4.79 Å². The van der Waals surface area contributed by atoms with Crippen LogP contribution in [0.4, 0.5) is 5.82 Å². The van der Waals surface area contributed by atoms with E-state index in [9.17, 15) is 4.79 Å². The molecule has 0 unspecified atom stereocenters. The molecular formula is C15H24N4O. The van der Waals surface area contributed by atoms with Crippen LogP contribution in [-0.4, -0.2) is 17.4 Å². The number of amides is 1. The van der Waals surface area contributed by atoms with Crippen LogP contribution in [-0.2, 0) is 5.41 Å². The van der Waals surface area contributed by atoms with E-state index in [1.165, 1.54) is 12.8 Å². The molecule has 0 aliphatic heterocycles. The summed E-state index contributed by atoms with van der Waals surface area (Å²) in [6, 6.07) is 3.52. The topological polar surface area (TPSA) is 80.0 Å². The smallest absolute Gasteiger partial charge is 0.251 e. The van der Waals surface area contributed by atoms with E-state index in [0.29, 0.717) is 16.8 Å². The number of carbonyl (C=O) groups excluding carboxylic acids is 1. The highest BCUT2D eigenvalue weighted by Gasteiger charge is 2.37. The molecule has 1 fully saturated rings. The molecule has 20 heavy (non-hydrogen) atoms.